The van der Waals surface area contributed by atoms with Crippen molar-refractivity contribution in [3.05, 3.63) is 59.5 Å². The fourth-order valence-electron chi connectivity index (χ4n) is 2.37. The summed E-state index contributed by atoms with van der Waals surface area (Å²) in [5.41, 5.74) is 1.63. The maximum Gasteiger partial charge on any atom is 0.342 e. The van der Waals surface area contributed by atoms with Gasteiger partial charge in [-0.25, -0.2) is 9.78 Å². The van der Waals surface area contributed by atoms with Crippen molar-refractivity contribution in [1.82, 2.24) is 4.98 Å². The number of amides is 1. The Morgan fingerprint density at radius 2 is 1.93 bits per heavy atom. The molecule has 144 valence electrons. The van der Waals surface area contributed by atoms with Crippen molar-refractivity contribution in [2.24, 2.45) is 0 Å². The van der Waals surface area contributed by atoms with E-state index in [9.17, 15) is 14.7 Å². The van der Waals surface area contributed by atoms with Gasteiger partial charge in [0.25, 0.3) is 5.91 Å². The van der Waals surface area contributed by atoms with Gasteiger partial charge in [-0.1, -0.05) is 30.3 Å². The minimum absolute atomic E-state index is 0.0546. The van der Waals surface area contributed by atoms with Gasteiger partial charge in [-0.05, 0) is 19.1 Å². The molecule has 0 spiro atoms. The summed E-state index contributed by atoms with van der Waals surface area (Å²) in [5, 5.41) is 14.8. The molecule has 8 heteroatoms. The van der Waals surface area contributed by atoms with Crippen LogP contribution in [-0.4, -0.2) is 35.2 Å². The van der Waals surface area contributed by atoms with E-state index in [4.69, 9.17) is 9.47 Å². The van der Waals surface area contributed by atoms with Gasteiger partial charge in [-0.3, -0.25) is 10.1 Å². The fraction of sp³-hybridized carbons (Fsp3) is 0.150. The first-order chi connectivity index (χ1) is 13.5. The molecule has 28 heavy (non-hydrogen) atoms. The number of phenols is 1. The molecule has 1 heterocycles. The number of aromatic nitrogens is 1. The lowest BCUT2D eigenvalue weighted by Crippen LogP contribution is -2.30. The van der Waals surface area contributed by atoms with Crippen LogP contribution in [0.4, 0.5) is 5.13 Å². The van der Waals surface area contributed by atoms with Gasteiger partial charge in [0, 0.05) is 17.0 Å². The molecule has 0 aliphatic rings. The number of hydrogen-bond acceptors (Lipinski definition) is 7. The number of aromatic hydroxyl groups is 1. The lowest BCUT2D eigenvalue weighted by atomic mass is 10.2. The average Bonchev–Trinajstić information content (AvgIpc) is 3.16. The minimum Gasteiger partial charge on any atom is -0.507 e. The first-order valence-electron chi connectivity index (χ1n) is 8.37. The van der Waals surface area contributed by atoms with Crippen molar-refractivity contribution in [2.45, 2.75) is 13.0 Å². The normalized spacial score (nSPS) is 11.5. The Kier molecular flexibility index (Phi) is 5.90. The van der Waals surface area contributed by atoms with E-state index < -0.39 is 18.0 Å². The number of ether oxygens (including phenoxy) is 2. The minimum atomic E-state index is -1.07. The van der Waals surface area contributed by atoms with Crippen LogP contribution in [0.1, 0.15) is 17.3 Å². The molecule has 0 bridgehead atoms. The van der Waals surface area contributed by atoms with Gasteiger partial charge in [0.2, 0.25) is 0 Å². The van der Waals surface area contributed by atoms with Crippen LogP contribution in [0, 0.1) is 0 Å². The van der Waals surface area contributed by atoms with Crippen LogP contribution >= 0.6 is 11.3 Å². The molecule has 2 N–H and O–H groups in total. The second kappa shape index (κ2) is 8.53. The highest BCUT2D eigenvalue weighted by atomic mass is 32.1. The molecule has 3 aromatic rings. The van der Waals surface area contributed by atoms with Crippen molar-refractivity contribution in [3.8, 4) is 22.8 Å². The SMILES string of the molecule is COc1ccc(C(=O)O[C@@H](C)C(=O)Nc2nc(-c3ccccc3)cs2)c(O)c1. The molecule has 0 saturated heterocycles. The van der Waals surface area contributed by atoms with Gasteiger partial charge in [0.15, 0.2) is 11.2 Å². The van der Waals surface area contributed by atoms with Crippen LogP contribution < -0.4 is 10.1 Å². The number of benzene rings is 2. The van der Waals surface area contributed by atoms with Gasteiger partial charge < -0.3 is 14.6 Å². The van der Waals surface area contributed by atoms with E-state index in [1.54, 1.807) is 0 Å². The number of rotatable bonds is 6. The number of phenolic OH excluding ortho intramolecular Hbond substituents is 1. The molecule has 1 aromatic heterocycles. The maximum absolute atomic E-state index is 12.3. The third-order valence-electron chi connectivity index (χ3n) is 3.88. The van der Waals surface area contributed by atoms with Crippen LogP contribution in [0.15, 0.2) is 53.9 Å². The zero-order chi connectivity index (χ0) is 20.1. The summed E-state index contributed by atoms with van der Waals surface area (Å²) in [6, 6.07) is 13.7. The van der Waals surface area contributed by atoms with E-state index in [2.05, 4.69) is 10.3 Å². The number of thiazole rings is 1. The summed E-state index contributed by atoms with van der Waals surface area (Å²) in [4.78, 5) is 28.9. The number of hydrogen-bond donors (Lipinski definition) is 2. The Morgan fingerprint density at radius 1 is 1.18 bits per heavy atom. The summed E-state index contributed by atoms with van der Waals surface area (Å²) >= 11 is 1.27. The van der Waals surface area contributed by atoms with Gasteiger partial charge in [-0.2, -0.15) is 0 Å². The van der Waals surface area contributed by atoms with E-state index in [1.165, 1.54) is 43.6 Å². The zero-order valence-corrected chi connectivity index (χ0v) is 16.0. The Morgan fingerprint density at radius 3 is 2.61 bits per heavy atom. The van der Waals surface area contributed by atoms with E-state index in [-0.39, 0.29) is 11.3 Å². The molecule has 0 unspecified atom stereocenters. The Hall–Kier alpha value is -3.39. The summed E-state index contributed by atoms with van der Waals surface area (Å²) in [6.45, 7) is 1.44. The van der Waals surface area contributed by atoms with Crippen LogP contribution in [0.2, 0.25) is 0 Å². The number of methoxy groups -OCH3 is 1. The van der Waals surface area contributed by atoms with Crippen molar-refractivity contribution in [1.29, 1.82) is 0 Å². The molecular weight excluding hydrogens is 380 g/mol. The van der Waals surface area contributed by atoms with Crippen LogP contribution in [0.5, 0.6) is 11.5 Å². The monoisotopic (exact) mass is 398 g/mol. The number of nitrogens with one attached hydrogen (secondary N) is 1. The summed E-state index contributed by atoms with van der Waals surface area (Å²) < 4.78 is 10.1. The van der Waals surface area contributed by atoms with Gasteiger partial charge >= 0.3 is 5.97 Å². The molecule has 0 fully saturated rings. The van der Waals surface area contributed by atoms with Crippen molar-refractivity contribution in [3.63, 3.8) is 0 Å². The maximum atomic E-state index is 12.3. The van der Waals surface area contributed by atoms with E-state index in [0.29, 0.717) is 10.9 Å². The largest absolute Gasteiger partial charge is 0.507 e. The molecule has 2 aromatic carbocycles. The fourth-order valence-corrected chi connectivity index (χ4v) is 3.09. The van der Waals surface area contributed by atoms with Crippen LogP contribution in [0.3, 0.4) is 0 Å². The van der Waals surface area contributed by atoms with Crippen LogP contribution in [0.25, 0.3) is 11.3 Å². The number of nitrogens with zero attached hydrogens (tertiary/aromatic N) is 1. The highest BCUT2D eigenvalue weighted by Crippen LogP contribution is 2.26. The molecule has 0 aliphatic carbocycles. The number of esters is 1. The quantitative estimate of drug-likeness (QED) is 0.615. The first kappa shape index (κ1) is 19.4. The molecular formula is C20H18N2O5S. The highest BCUT2D eigenvalue weighted by Gasteiger charge is 2.22. The van der Waals surface area contributed by atoms with Crippen molar-refractivity contribution in [2.75, 3.05) is 12.4 Å². The van der Waals surface area contributed by atoms with Gasteiger partial charge in [0.1, 0.15) is 17.1 Å². The summed E-state index contributed by atoms with van der Waals surface area (Å²) in [7, 11) is 1.45. The van der Waals surface area contributed by atoms with Gasteiger partial charge in [0.05, 0.1) is 12.8 Å². The van der Waals surface area contributed by atoms with Crippen molar-refractivity contribution >= 4 is 28.3 Å². The Labute approximate surface area is 165 Å². The number of carbonyl (C=O) groups is 2. The molecule has 0 radical (unpaired) electrons. The standard InChI is InChI=1S/C20H18N2O5S/c1-12(27-19(25)15-9-8-14(26-2)10-17(15)23)18(24)22-20-21-16(11-28-20)13-6-4-3-5-7-13/h3-12,23H,1-2H3,(H,21,22,24)/t12-/m0/s1. The van der Waals surface area contributed by atoms with Gasteiger partial charge in [-0.15, -0.1) is 11.3 Å². The zero-order valence-electron chi connectivity index (χ0n) is 15.2. The molecule has 3 rings (SSSR count). The molecule has 1 amide bonds. The first-order valence-corrected chi connectivity index (χ1v) is 9.25. The Bertz CT molecular complexity index is 987. The lowest BCUT2D eigenvalue weighted by molar-refractivity contribution is -0.123. The van der Waals surface area contributed by atoms with Crippen LogP contribution in [-0.2, 0) is 9.53 Å². The third kappa shape index (κ3) is 4.47. The predicted molar refractivity (Wildman–Crippen MR) is 106 cm³/mol. The number of anilines is 1. The smallest absolute Gasteiger partial charge is 0.342 e. The highest BCUT2D eigenvalue weighted by molar-refractivity contribution is 7.14. The van der Waals surface area contributed by atoms with E-state index in [1.807, 2.05) is 35.7 Å². The van der Waals surface area contributed by atoms with E-state index >= 15 is 0 Å². The third-order valence-corrected chi connectivity index (χ3v) is 4.64. The second-order valence-corrected chi connectivity index (χ2v) is 6.68. The molecule has 0 aliphatic heterocycles. The summed E-state index contributed by atoms with van der Waals surface area (Å²) in [5.74, 6) is -1.22. The Balaban J connectivity index is 1.62. The summed E-state index contributed by atoms with van der Waals surface area (Å²) in [6.07, 6.45) is -1.07. The molecule has 0 saturated carbocycles. The second-order valence-electron chi connectivity index (χ2n) is 5.82. The van der Waals surface area contributed by atoms with E-state index in [0.717, 1.165) is 11.3 Å². The predicted octanol–water partition coefficient (Wildman–Crippen LogP) is 3.71. The molecule has 1 atom stereocenters. The molecule has 7 nitrogen and oxygen atoms in total. The average molecular weight is 398 g/mol. The lowest BCUT2D eigenvalue weighted by Gasteiger charge is -2.13. The number of carbonyl (C=O) groups excluding carboxylic acids is 2. The van der Waals surface area contributed by atoms with Crippen molar-refractivity contribution < 1.29 is 24.2 Å². The topological polar surface area (TPSA) is 97.8 Å².